The van der Waals surface area contributed by atoms with Gasteiger partial charge in [-0.15, -0.1) is 0 Å². The van der Waals surface area contributed by atoms with Crippen LogP contribution in [-0.4, -0.2) is 34.7 Å². The van der Waals surface area contributed by atoms with E-state index < -0.39 is 17.6 Å². The van der Waals surface area contributed by atoms with Crippen molar-refractivity contribution in [3.8, 4) is 0 Å². The monoisotopic (exact) mass is 526 g/mol. The molecule has 2 aromatic carbocycles. The number of fused-ring (bicyclic) bond motifs is 1. The molecule has 2 atom stereocenters. The van der Waals surface area contributed by atoms with Crippen LogP contribution >= 0.6 is 23.8 Å². The van der Waals surface area contributed by atoms with Crippen LogP contribution in [0.25, 0.3) is 10.9 Å². The topological polar surface area (TPSA) is 92.4 Å². The highest BCUT2D eigenvalue weighted by Gasteiger charge is 2.47. The van der Waals surface area contributed by atoms with Gasteiger partial charge in [-0.1, -0.05) is 80.4 Å². The molecule has 3 aromatic rings. The summed E-state index contributed by atoms with van der Waals surface area (Å²) in [5.74, 6) is -1.44. The van der Waals surface area contributed by atoms with Crippen LogP contribution in [0.5, 0.6) is 0 Å². The van der Waals surface area contributed by atoms with Crippen LogP contribution in [0.15, 0.2) is 60.7 Å². The second-order valence-electron chi connectivity index (χ2n) is 8.52. The van der Waals surface area contributed by atoms with Crippen LogP contribution in [0.3, 0.4) is 0 Å². The predicted octanol–water partition coefficient (Wildman–Crippen LogP) is 4.83. The summed E-state index contributed by atoms with van der Waals surface area (Å²) < 4.78 is 5.16. The number of nitrogens with zero attached hydrogens (tertiary/aromatic N) is 1. The van der Waals surface area contributed by atoms with Gasteiger partial charge in [0, 0.05) is 29.8 Å². The number of carbonyl (C=O) groups excluding carboxylic acids is 2. The molecule has 0 spiro atoms. The molecule has 0 fully saturated rings. The number of methoxy groups -OCH3 is 1. The summed E-state index contributed by atoms with van der Waals surface area (Å²) in [6.07, 6.45) is 1.82. The third-order valence-corrected chi connectivity index (χ3v) is 6.62. The van der Waals surface area contributed by atoms with Crippen molar-refractivity contribution >= 4 is 51.7 Å². The molecule has 3 rings (SSSR count). The first-order valence-corrected chi connectivity index (χ1v) is 12.6. The standard InChI is InChI=1S/C27H31ClN4O3S/c1-4-5-15-23(33)31-27(25(34)35-3,18(2)19-11-7-6-8-12-19)32-26(36)29-17-21-16-20-13-9-10-14-22(20)30-24(21)28/h6-14,16,18H,4-5,15,17H2,1-3H3,(H,31,33)(H2,29,32,36). The Hall–Kier alpha value is -3.23. The largest absolute Gasteiger partial charge is 0.466 e. The number of unbranched alkanes of at least 4 members (excludes halogenated alkanes) is 1. The number of rotatable bonds is 10. The number of esters is 1. The van der Waals surface area contributed by atoms with Gasteiger partial charge in [-0.05, 0) is 36.3 Å². The lowest BCUT2D eigenvalue weighted by atomic mass is 9.86. The zero-order valence-corrected chi connectivity index (χ0v) is 22.2. The molecule has 7 nitrogen and oxygen atoms in total. The Morgan fingerprint density at radius 2 is 1.81 bits per heavy atom. The second kappa shape index (κ2) is 12.6. The molecule has 3 N–H and O–H groups in total. The molecular weight excluding hydrogens is 496 g/mol. The van der Waals surface area contributed by atoms with Crippen LogP contribution < -0.4 is 16.0 Å². The fourth-order valence-electron chi connectivity index (χ4n) is 3.96. The summed E-state index contributed by atoms with van der Waals surface area (Å²) >= 11 is 12.0. The van der Waals surface area contributed by atoms with Gasteiger partial charge in [0.05, 0.1) is 12.6 Å². The van der Waals surface area contributed by atoms with E-state index in [1.807, 2.05) is 74.5 Å². The molecule has 0 radical (unpaired) electrons. The van der Waals surface area contributed by atoms with Gasteiger partial charge in [-0.3, -0.25) is 4.79 Å². The van der Waals surface area contributed by atoms with Crippen LogP contribution in [0.1, 0.15) is 50.2 Å². The maximum absolute atomic E-state index is 13.3. The zero-order valence-electron chi connectivity index (χ0n) is 20.6. The Morgan fingerprint density at radius 3 is 2.50 bits per heavy atom. The van der Waals surface area contributed by atoms with Gasteiger partial charge in [0.2, 0.25) is 11.6 Å². The lowest BCUT2D eigenvalue weighted by Crippen LogP contribution is -2.69. The summed E-state index contributed by atoms with van der Waals surface area (Å²) in [4.78, 5) is 30.5. The van der Waals surface area contributed by atoms with Gasteiger partial charge in [0.25, 0.3) is 0 Å². The lowest BCUT2D eigenvalue weighted by Gasteiger charge is -2.39. The summed E-state index contributed by atoms with van der Waals surface area (Å²) in [7, 11) is 1.28. The summed E-state index contributed by atoms with van der Waals surface area (Å²) in [5.41, 5.74) is 0.737. The molecule has 2 unspecified atom stereocenters. The maximum Gasteiger partial charge on any atom is 0.353 e. The molecule has 0 aliphatic carbocycles. The van der Waals surface area contributed by atoms with Gasteiger partial charge in [-0.25, -0.2) is 9.78 Å². The molecule has 1 heterocycles. The number of nitrogens with one attached hydrogen (secondary N) is 3. The van der Waals surface area contributed by atoms with Crippen LogP contribution in [0.2, 0.25) is 5.15 Å². The Bertz CT molecular complexity index is 1220. The average molecular weight is 527 g/mol. The number of hydrogen-bond acceptors (Lipinski definition) is 5. The molecule has 1 aromatic heterocycles. The number of thiocarbonyl (C=S) groups is 1. The normalized spacial score (nSPS) is 13.3. The minimum Gasteiger partial charge on any atom is -0.466 e. The van der Waals surface area contributed by atoms with Gasteiger partial charge in [0.1, 0.15) is 5.15 Å². The molecule has 0 saturated heterocycles. The predicted molar refractivity (Wildman–Crippen MR) is 147 cm³/mol. The van der Waals surface area contributed by atoms with Crippen LogP contribution in [-0.2, 0) is 20.9 Å². The van der Waals surface area contributed by atoms with Crippen molar-refractivity contribution in [2.75, 3.05) is 7.11 Å². The number of benzene rings is 2. The number of aromatic nitrogens is 1. The zero-order chi connectivity index (χ0) is 26.1. The highest BCUT2D eigenvalue weighted by atomic mass is 35.5. The van der Waals surface area contributed by atoms with Crippen molar-refractivity contribution in [1.82, 2.24) is 20.9 Å². The van der Waals surface area contributed by atoms with E-state index in [0.29, 0.717) is 11.6 Å². The number of halogens is 1. The molecular formula is C27H31ClN4O3S. The summed E-state index contributed by atoms with van der Waals surface area (Å²) in [6, 6.07) is 19.0. The number of hydrogen-bond donors (Lipinski definition) is 3. The van der Waals surface area contributed by atoms with Crippen LogP contribution in [0.4, 0.5) is 0 Å². The van der Waals surface area contributed by atoms with Crippen molar-refractivity contribution in [2.45, 2.75) is 51.2 Å². The molecule has 0 aliphatic heterocycles. The third-order valence-electron chi connectivity index (χ3n) is 6.05. The van der Waals surface area contributed by atoms with E-state index in [2.05, 4.69) is 20.9 Å². The Balaban J connectivity index is 1.87. The Morgan fingerprint density at radius 1 is 1.11 bits per heavy atom. The van der Waals surface area contributed by atoms with E-state index in [1.165, 1.54) is 7.11 Å². The highest BCUT2D eigenvalue weighted by Crippen LogP contribution is 2.28. The molecule has 9 heteroatoms. The minimum absolute atomic E-state index is 0.156. The highest BCUT2D eigenvalue weighted by molar-refractivity contribution is 7.80. The first-order valence-electron chi connectivity index (χ1n) is 11.8. The number of pyridine rings is 1. The Labute approximate surface area is 222 Å². The van der Waals surface area contributed by atoms with Crippen molar-refractivity contribution in [3.05, 3.63) is 76.9 Å². The number of amides is 1. The fourth-order valence-corrected chi connectivity index (χ4v) is 4.40. The third kappa shape index (κ3) is 6.50. The van der Waals surface area contributed by atoms with Crippen molar-refractivity contribution in [3.63, 3.8) is 0 Å². The van der Waals surface area contributed by atoms with Crippen molar-refractivity contribution in [2.24, 2.45) is 0 Å². The SMILES string of the molecule is CCCCC(=O)NC(NC(=S)NCc1cc2ccccc2nc1Cl)(C(=O)OC)C(C)c1ccccc1. The summed E-state index contributed by atoms with van der Waals surface area (Å²) in [6.45, 7) is 4.10. The second-order valence-corrected chi connectivity index (χ2v) is 9.29. The van der Waals surface area contributed by atoms with Gasteiger partial charge in [-0.2, -0.15) is 0 Å². The van der Waals surface area contributed by atoms with E-state index in [4.69, 9.17) is 28.6 Å². The van der Waals surface area contributed by atoms with E-state index in [-0.39, 0.29) is 24.0 Å². The van der Waals surface area contributed by atoms with E-state index in [9.17, 15) is 9.59 Å². The molecule has 1 amide bonds. The first kappa shape index (κ1) is 27.4. The molecule has 0 aliphatic rings. The van der Waals surface area contributed by atoms with Gasteiger partial charge < -0.3 is 20.7 Å². The first-order chi connectivity index (χ1) is 17.3. The number of ether oxygens (including phenoxy) is 1. The van der Waals surface area contributed by atoms with Gasteiger partial charge >= 0.3 is 5.97 Å². The lowest BCUT2D eigenvalue weighted by molar-refractivity contribution is -0.153. The number of carbonyl (C=O) groups is 2. The molecule has 0 bridgehead atoms. The molecule has 190 valence electrons. The van der Waals surface area contributed by atoms with Crippen molar-refractivity contribution < 1.29 is 14.3 Å². The maximum atomic E-state index is 13.3. The quantitative estimate of drug-likeness (QED) is 0.151. The van der Waals surface area contributed by atoms with Crippen LogP contribution in [0, 0.1) is 0 Å². The minimum atomic E-state index is -1.63. The fraction of sp³-hybridized carbons (Fsp3) is 0.333. The Kier molecular flexibility index (Phi) is 9.61. The van der Waals surface area contributed by atoms with E-state index >= 15 is 0 Å². The number of para-hydroxylation sites is 1. The molecule has 0 saturated carbocycles. The van der Waals surface area contributed by atoms with E-state index in [1.54, 1.807) is 0 Å². The summed E-state index contributed by atoms with van der Waals surface area (Å²) in [5, 5.41) is 10.5. The average Bonchev–Trinajstić information content (AvgIpc) is 2.89. The van der Waals surface area contributed by atoms with E-state index in [0.717, 1.165) is 28.5 Å². The van der Waals surface area contributed by atoms with Gasteiger partial charge in [0.15, 0.2) is 5.11 Å². The molecule has 36 heavy (non-hydrogen) atoms. The smallest absolute Gasteiger partial charge is 0.353 e. The van der Waals surface area contributed by atoms with Crippen molar-refractivity contribution in [1.29, 1.82) is 0 Å².